The molecule has 0 amide bonds. The van der Waals surface area contributed by atoms with E-state index in [2.05, 4.69) is 6.92 Å². The fraction of sp³-hybridized carbons (Fsp3) is 0.950. The van der Waals surface area contributed by atoms with Crippen molar-refractivity contribution in [2.45, 2.75) is 89.8 Å². The zero-order chi connectivity index (χ0) is 17.2. The van der Waals surface area contributed by atoms with Gasteiger partial charge in [0.15, 0.2) is 0 Å². The fourth-order valence-electron chi connectivity index (χ4n) is 5.34. The van der Waals surface area contributed by atoms with Crippen LogP contribution in [0.3, 0.4) is 0 Å². The Morgan fingerprint density at radius 3 is 2.29 bits per heavy atom. The maximum absolute atomic E-state index is 14.6. The van der Waals surface area contributed by atoms with Gasteiger partial charge < -0.3 is 9.53 Å². The van der Waals surface area contributed by atoms with Crippen LogP contribution in [0.1, 0.15) is 77.6 Å². The van der Waals surface area contributed by atoms with Crippen molar-refractivity contribution in [2.75, 3.05) is 0 Å². The minimum Gasteiger partial charge on any atom is -0.317 e. The lowest BCUT2D eigenvalue weighted by Crippen LogP contribution is -2.41. The number of aldehydes is 1. The first-order valence-corrected chi connectivity index (χ1v) is 10.0. The summed E-state index contributed by atoms with van der Waals surface area (Å²) >= 11 is 0. The number of rotatable bonds is 5. The number of ether oxygens (including phenoxy) is 1. The van der Waals surface area contributed by atoms with Crippen molar-refractivity contribution in [3.8, 4) is 0 Å². The molecule has 0 N–H and O–H groups in total. The molecule has 3 saturated carbocycles. The molecular formula is C20H32F2O2. The molecule has 4 unspecified atom stereocenters. The molecule has 0 bridgehead atoms. The highest BCUT2D eigenvalue weighted by molar-refractivity contribution is 5.53. The number of hydrogen-bond donors (Lipinski definition) is 0. The summed E-state index contributed by atoms with van der Waals surface area (Å²) in [5.74, 6) is 1.25. The SMILES string of the molecule is CCC1CCC(C(F)(F)OC2CCC3CC(C=O)CCC3C2)CC1. The van der Waals surface area contributed by atoms with E-state index in [9.17, 15) is 13.6 Å². The third-order valence-corrected chi connectivity index (χ3v) is 7.02. The Morgan fingerprint density at radius 1 is 0.958 bits per heavy atom. The van der Waals surface area contributed by atoms with Gasteiger partial charge in [0.05, 0.1) is 12.0 Å². The Bertz CT molecular complexity index is 418. The lowest BCUT2D eigenvalue weighted by atomic mass is 9.67. The van der Waals surface area contributed by atoms with Crippen LogP contribution in [0.5, 0.6) is 0 Å². The Hall–Kier alpha value is -0.510. The molecule has 0 heterocycles. The zero-order valence-corrected chi connectivity index (χ0v) is 14.9. The lowest BCUT2D eigenvalue weighted by Gasteiger charge is -2.42. The van der Waals surface area contributed by atoms with Gasteiger partial charge in [0.1, 0.15) is 6.29 Å². The zero-order valence-electron chi connectivity index (χ0n) is 14.9. The van der Waals surface area contributed by atoms with E-state index in [0.29, 0.717) is 30.6 Å². The van der Waals surface area contributed by atoms with Gasteiger partial charge in [-0.05, 0) is 82.0 Å². The molecule has 138 valence electrons. The van der Waals surface area contributed by atoms with E-state index >= 15 is 0 Å². The molecule has 3 fully saturated rings. The van der Waals surface area contributed by atoms with Gasteiger partial charge >= 0.3 is 6.11 Å². The molecule has 0 spiro atoms. The van der Waals surface area contributed by atoms with Gasteiger partial charge in [-0.15, -0.1) is 0 Å². The first-order chi connectivity index (χ1) is 11.5. The number of fused-ring (bicyclic) bond motifs is 1. The molecule has 0 aromatic carbocycles. The minimum atomic E-state index is -2.96. The van der Waals surface area contributed by atoms with Crippen LogP contribution < -0.4 is 0 Å². The van der Waals surface area contributed by atoms with Crippen molar-refractivity contribution in [3.05, 3.63) is 0 Å². The third-order valence-electron chi connectivity index (χ3n) is 7.02. The third kappa shape index (κ3) is 4.17. The van der Waals surface area contributed by atoms with Gasteiger partial charge in [0, 0.05) is 5.92 Å². The highest BCUT2D eigenvalue weighted by Gasteiger charge is 2.46. The summed E-state index contributed by atoms with van der Waals surface area (Å²) < 4.78 is 34.6. The molecule has 0 saturated heterocycles. The van der Waals surface area contributed by atoms with Gasteiger partial charge in [0.2, 0.25) is 0 Å². The predicted octanol–water partition coefficient (Wildman–Crippen LogP) is 5.60. The molecule has 0 aromatic heterocycles. The molecule has 0 radical (unpaired) electrons. The summed E-state index contributed by atoms with van der Waals surface area (Å²) in [6.45, 7) is 2.15. The molecule has 3 rings (SSSR count). The monoisotopic (exact) mass is 342 g/mol. The van der Waals surface area contributed by atoms with Crippen LogP contribution in [0.15, 0.2) is 0 Å². The predicted molar refractivity (Wildman–Crippen MR) is 89.8 cm³/mol. The van der Waals surface area contributed by atoms with Crippen molar-refractivity contribution in [3.63, 3.8) is 0 Å². The summed E-state index contributed by atoms with van der Waals surface area (Å²) in [5.41, 5.74) is 0. The first-order valence-electron chi connectivity index (χ1n) is 10.0. The van der Waals surface area contributed by atoms with E-state index in [1.165, 1.54) is 0 Å². The van der Waals surface area contributed by atoms with E-state index in [0.717, 1.165) is 64.1 Å². The van der Waals surface area contributed by atoms with Crippen LogP contribution in [0.4, 0.5) is 8.78 Å². The van der Waals surface area contributed by atoms with Crippen LogP contribution in [0, 0.1) is 29.6 Å². The summed E-state index contributed by atoms with van der Waals surface area (Å²) in [4.78, 5) is 11.0. The van der Waals surface area contributed by atoms with Gasteiger partial charge in [-0.25, -0.2) is 0 Å². The van der Waals surface area contributed by atoms with Crippen LogP contribution in [0.25, 0.3) is 0 Å². The van der Waals surface area contributed by atoms with Gasteiger partial charge in [-0.1, -0.05) is 13.3 Å². The quantitative estimate of drug-likeness (QED) is 0.608. The van der Waals surface area contributed by atoms with E-state index < -0.39 is 12.0 Å². The molecule has 4 atom stereocenters. The van der Waals surface area contributed by atoms with E-state index in [1.807, 2.05) is 0 Å². The largest absolute Gasteiger partial charge is 0.358 e. The fourth-order valence-corrected chi connectivity index (χ4v) is 5.34. The highest BCUT2D eigenvalue weighted by atomic mass is 19.3. The van der Waals surface area contributed by atoms with Crippen molar-refractivity contribution < 1.29 is 18.3 Å². The summed E-state index contributed by atoms with van der Waals surface area (Å²) in [6, 6.07) is 0. The molecule has 3 aliphatic rings. The van der Waals surface area contributed by atoms with Crippen LogP contribution >= 0.6 is 0 Å². The highest BCUT2D eigenvalue weighted by Crippen LogP contribution is 2.46. The normalized spacial score (nSPS) is 40.8. The van der Waals surface area contributed by atoms with Crippen molar-refractivity contribution in [2.24, 2.45) is 29.6 Å². The Kier molecular flexibility index (Phi) is 5.94. The number of halogens is 2. The molecule has 4 heteroatoms. The molecule has 2 nitrogen and oxygen atoms in total. The van der Waals surface area contributed by atoms with Gasteiger partial charge in [-0.3, -0.25) is 0 Å². The Labute approximate surface area is 144 Å². The van der Waals surface area contributed by atoms with E-state index in [-0.39, 0.29) is 12.0 Å². The summed E-state index contributed by atoms with van der Waals surface area (Å²) in [7, 11) is 0. The second-order valence-electron chi connectivity index (χ2n) is 8.47. The van der Waals surface area contributed by atoms with E-state index in [4.69, 9.17) is 4.74 Å². The second kappa shape index (κ2) is 7.80. The van der Waals surface area contributed by atoms with E-state index in [1.54, 1.807) is 0 Å². The second-order valence-corrected chi connectivity index (χ2v) is 8.47. The number of carbonyl (C=O) groups is 1. The van der Waals surface area contributed by atoms with Crippen molar-refractivity contribution >= 4 is 6.29 Å². The van der Waals surface area contributed by atoms with Crippen LogP contribution in [0.2, 0.25) is 0 Å². The number of carbonyl (C=O) groups excluding carboxylic acids is 1. The van der Waals surface area contributed by atoms with Crippen molar-refractivity contribution in [1.82, 2.24) is 0 Å². The number of alkyl halides is 2. The summed E-state index contributed by atoms with van der Waals surface area (Å²) in [5, 5.41) is 0. The smallest absolute Gasteiger partial charge is 0.317 e. The standard InChI is InChI=1S/C20H32F2O2/c1-2-14-4-8-18(9-5-14)20(21,22)24-19-10-7-16-11-15(13-23)3-6-17(16)12-19/h13-19H,2-12H2,1H3. The maximum Gasteiger partial charge on any atom is 0.358 e. The molecular weight excluding hydrogens is 310 g/mol. The topological polar surface area (TPSA) is 26.3 Å². The first kappa shape index (κ1) is 18.3. The van der Waals surface area contributed by atoms with Crippen LogP contribution in [-0.2, 0) is 9.53 Å². The average molecular weight is 342 g/mol. The lowest BCUT2D eigenvalue weighted by molar-refractivity contribution is -0.304. The minimum absolute atomic E-state index is 0.193. The average Bonchev–Trinajstić information content (AvgIpc) is 2.61. The molecule has 0 aromatic rings. The number of hydrogen-bond acceptors (Lipinski definition) is 2. The Morgan fingerprint density at radius 2 is 1.62 bits per heavy atom. The molecule has 3 aliphatic carbocycles. The molecule has 0 aliphatic heterocycles. The van der Waals surface area contributed by atoms with Gasteiger partial charge in [0.25, 0.3) is 0 Å². The van der Waals surface area contributed by atoms with Crippen LogP contribution in [-0.4, -0.2) is 18.5 Å². The van der Waals surface area contributed by atoms with Gasteiger partial charge in [-0.2, -0.15) is 8.78 Å². The Balaban J connectivity index is 1.50. The molecule has 24 heavy (non-hydrogen) atoms. The maximum atomic E-state index is 14.6. The summed E-state index contributed by atoms with van der Waals surface area (Å²) in [6.07, 6.45) is 7.29. The van der Waals surface area contributed by atoms with Crippen molar-refractivity contribution in [1.29, 1.82) is 0 Å².